The molecule has 0 radical (unpaired) electrons. The number of unbranched alkanes of at least 4 members (excludes halogenated alkanes) is 1. The van der Waals surface area contributed by atoms with Gasteiger partial charge < -0.3 is 14.6 Å². The number of methoxy groups -OCH3 is 1. The third-order valence-corrected chi connectivity index (χ3v) is 7.00. The highest BCUT2D eigenvalue weighted by molar-refractivity contribution is 7.13. The third kappa shape index (κ3) is 5.18. The molecule has 0 aliphatic heterocycles. The Morgan fingerprint density at radius 1 is 1.18 bits per heavy atom. The molecule has 2 aromatic carbocycles. The Labute approximate surface area is 209 Å². The van der Waals surface area contributed by atoms with Gasteiger partial charge in [-0.05, 0) is 43.2 Å². The van der Waals surface area contributed by atoms with E-state index in [-0.39, 0.29) is 5.91 Å². The quantitative estimate of drug-likeness (QED) is 0.260. The monoisotopic (exact) mass is 493 g/mol. The molecule has 0 atom stereocenters. The minimum absolute atomic E-state index is 0.0535. The summed E-state index contributed by atoms with van der Waals surface area (Å²) in [5.41, 5.74) is 5.33. The van der Waals surface area contributed by atoms with Crippen LogP contribution >= 0.6 is 22.9 Å². The standard InChI is InChI=1S/C27H28ClN3O2S/c1-4-5-14-29-26(32)22-15-25(24-17-34-27(30-24)21-8-6-7-9-23(21)28)31(18(22)2)16-19-10-12-20(33-3)13-11-19/h6-13,15,17H,4-5,14,16H2,1-3H3,(H,29,32). The van der Waals surface area contributed by atoms with E-state index >= 15 is 0 Å². The number of nitrogens with one attached hydrogen (secondary N) is 1. The van der Waals surface area contributed by atoms with E-state index in [1.165, 1.54) is 0 Å². The highest BCUT2D eigenvalue weighted by Crippen LogP contribution is 2.34. The fourth-order valence-corrected chi connectivity index (χ4v) is 4.96. The van der Waals surface area contributed by atoms with Crippen LogP contribution in [0.25, 0.3) is 22.0 Å². The molecule has 0 aliphatic rings. The first-order valence-electron chi connectivity index (χ1n) is 11.3. The van der Waals surface area contributed by atoms with Crippen LogP contribution in [-0.4, -0.2) is 29.1 Å². The van der Waals surface area contributed by atoms with Crippen molar-refractivity contribution in [3.63, 3.8) is 0 Å². The molecule has 0 bridgehead atoms. The lowest BCUT2D eigenvalue weighted by molar-refractivity contribution is 0.0952. The van der Waals surface area contributed by atoms with Gasteiger partial charge in [0.05, 0.1) is 29.1 Å². The molecule has 7 heteroatoms. The summed E-state index contributed by atoms with van der Waals surface area (Å²) in [6.07, 6.45) is 1.99. The molecule has 2 heterocycles. The summed E-state index contributed by atoms with van der Waals surface area (Å²) in [6.45, 7) is 5.39. The van der Waals surface area contributed by atoms with E-state index in [2.05, 4.69) is 16.8 Å². The summed E-state index contributed by atoms with van der Waals surface area (Å²) >= 11 is 7.95. The first-order chi connectivity index (χ1) is 16.5. The van der Waals surface area contributed by atoms with Gasteiger partial charge in [0.2, 0.25) is 0 Å². The summed E-state index contributed by atoms with van der Waals surface area (Å²) in [6, 6.07) is 17.6. The molecule has 4 rings (SSSR count). The molecule has 0 saturated carbocycles. The molecule has 5 nitrogen and oxygen atoms in total. The van der Waals surface area contributed by atoms with Crippen LogP contribution in [0.4, 0.5) is 0 Å². The molecular weight excluding hydrogens is 466 g/mol. The second-order valence-corrected chi connectivity index (χ2v) is 9.36. The number of amides is 1. The van der Waals surface area contributed by atoms with Gasteiger partial charge in [0, 0.05) is 29.7 Å². The minimum atomic E-state index is -0.0535. The largest absolute Gasteiger partial charge is 0.497 e. The van der Waals surface area contributed by atoms with Crippen molar-refractivity contribution in [1.29, 1.82) is 0 Å². The predicted molar refractivity (Wildman–Crippen MR) is 140 cm³/mol. The van der Waals surface area contributed by atoms with E-state index in [1.807, 2.05) is 66.9 Å². The second kappa shape index (κ2) is 10.9. The maximum Gasteiger partial charge on any atom is 0.253 e. The van der Waals surface area contributed by atoms with Crippen molar-refractivity contribution in [3.05, 3.63) is 81.8 Å². The summed E-state index contributed by atoms with van der Waals surface area (Å²) in [7, 11) is 1.66. The van der Waals surface area contributed by atoms with Crippen LogP contribution in [0.3, 0.4) is 0 Å². The highest BCUT2D eigenvalue weighted by Gasteiger charge is 2.21. The molecule has 1 N–H and O–H groups in total. The van der Waals surface area contributed by atoms with Gasteiger partial charge >= 0.3 is 0 Å². The van der Waals surface area contributed by atoms with E-state index in [1.54, 1.807) is 18.4 Å². The Balaban J connectivity index is 1.73. The van der Waals surface area contributed by atoms with Gasteiger partial charge in [0.15, 0.2) is 0 Å². The highest BCUT2D eigenvalue weighted by atomic mass is 35.5. The fraction of sp³-hybridized carbons (Fsp3) is 0.259. The van der Waals surface area contributed by atoms with Crippen molar-refractivity contribution in [2.45, 2.75) is 33.2 Å². The number of carbonyl (C=O) groups is 1. The average molecular weight is 494 g/mol. The molecule has 2 aromatic heterocycles. The molecular formula is C27H28ClN3O2S. The Morgan fingerprint density at radius 3 is 2.65 bits per heavy atom. The first-order valence-corrected chi connectivity index (χ1v) is 12.6. The van der Waals surface area contributed by atoms with E-state index in [0.29, 0.717) is 23.7 Å². The average Bonchev–Trinajstić information content (AvgIpc) is 3.45. The lowest BCUT2D eigenvalue weighted by Gasteiger charge is -2.12. The van der Waals surface area contributed by atoms with Gasteiger partial charge in [-0.2, -0.15) is 0 Å². The molecule has 0 spiro atoms. The number of benzene rings is 2. The fourth-order valence-electron chi connectivity index (χ4n) is 3.83. The summed E-state index contributed by atoms with van der Waals surface area (Å²) in [4.78, 5) is 17.9. The number of aromatic nitrogens is 2. The van der Waals surface area contributed by atoms with Crippen molar-refractivity contribution in [2.24, 2.45) is 0 Å². The lowest BCUT2D eigenvalue weighted by atomic mass is 10.2. The van der Waals surface area contributed by atoms with Gasteiger partial charge in [-0.15, -0.1) is 11.3 Å². The van der Waals surface area contributed by atoms with Crippen molar-refractivity contribution < 1.29 is 9.53 Å². The van der Waals surface area contributed by atoms with Crippen molar-refractivity contribution >= 4 is 28.8 Å². The number of carbonyl (C=O) groups excluding carboxylic acids is 1. The molecule has 4 aromatic rings. The number of hydrogen-bond donors (Lipinski definition) is 1. The number of halogens is 1. The zero-order chi connectivity index (χ0) is 24.1. The molecule has 0 fully saturated rings. The van der Waals surface area contributed by atoms with Crippen LogP contribution in [-0.2, 0) is 6.54 Å². The Morgan fingerprint density at radius 2 is 1.94 bits per heavy atom. The molecule has 176 valence electrons. The Hall–Kier alpha value is -3.09. The van der Waals surface area contributed by atoms with Gasteiger partial charge in [-0.3, -0.25) is 4.79 Å². The van der Waals surface area contributed by atoms with E-state index in [0.717, 1.165) is 51.8 Å². The molecule has 0 aliphatic carbocycles. The third-order valence-electron chi connectivity index (χ3n) is 5.80. The van der Waals surface area contributed by atoms with E-state index < -0.39 is 0 Å². The normalized spacial score (nSPS) is 10.9. The SMILES string of the molecule is CCCCNC(=O)c1cc(-c2csc(-c3ccccc3Cl)n2)n(Cc2ccc(OC)cc2)c1C. The smallest absolute Gasteiger partial charge is 0.253 e. The summed E-state index contributed by atoms with van der Waals surface area (Å²) in [5.74, 6) is 0.760. The number of ether oxygens (including phenoxy) is 1. The number of thiazole rings is 1. The summed E-state index contributed by atoms with van der Waals surface area (Å²) in [5, 5.41) is 6.59. The molecule has 0 unspecified atom stereocenters. The Kier molecular flexibility index (Phi) is 7.70. The number of hydrogen-bond acceptors (Lipinski definition) is 4. The van der Waals surface area contributed by atoms with E-state index in [4.69, 9.17) is 21.3 Å². The lowest BCUT2D eigenvalue weighted by Crippen LogP contribution is -2.24. The van der Waals surface area contributed by atoms with Gasteiger partial charge in [-0.1, -0.05) is 55.3 Å². The van der Waals surface area contributed by atoms with Crippen molar-refractivity contribution in [1.82, 2.24) is 14.9 Å². The zero-order valence-corrected chi connectivity index (χ0v) is 21.2. The molecule has 34 heavy (non-hydrogen) atoms. The van der Waals surface area contributed by atoms with Gasteiger partial charge in [0.25, 0.3) is 5.91 Å². The second-order valence-electron chi connectivity index (χ2n) is 8.09. The first kappa shape index (κ1) is 24.0. The topological polar surface area (TPSA) is 56.2 Å². The number of nitrogens with zero attached hydrogens (tertiary/aromatic N) is 2. The van der Waals surface area contributed by atoms with Crippen LogP contribution in [0.5, 0.6) is 5.75 Å². The maximum atomic E-state index is 13.0. The van der Waals surface area contributed by atoms with Gasteiger partial charge in [-0.25, -0.2) is 4.98 Å². The van der Waals surface area contributed by atoms with Gasteiger partial charge in [0.1, 0.15) is 10.8 Å². The van der Waals surface area contributed by atoms with Crippen LogP contribution in [0.15, 0.2) is 60.0 Å². The molecule has 1 amide bonds. The van der Waals surface area contributed by atoms with E-state index in [9.17, 15) is 4.79 Å². The Bertz CT molecular complexity index is 1280. The van der Waals surface area contributed by atoms with Crippen LogP contribution in [0, 0.1) is 6.92 Å². The molecule has 0 saturated heterocycles. The zero-order valence-electron chi connectivity index (χ0n) is 19.6. The van der Waals surface area contributed by atoms with Crippen LogP contribution in [0.1, 0.15) is 41.4 Å². The maximum absolute atomic E-state index is 13.0. The predicted octanol–water partition coefficient (Wildman–Crippen LogP) is 6.83. The summed E-state index contributed by atoms with van der Waals surface area (Å²) < 4.78 is 7.45. The van der Waals surface area contributed by atoms with Crippen LogP contribution < -0.4 is 10.1 Å². The van der Waals surface area contributed by atoms with Crippen molar-refractivity contribution in [2.75, 3.05) is 13.7 Å². The minimum Gasteiger partial charge on any atom is -0.497 e. The number of rotatable bonds is 9. The van der Waals surface area contributed by atoms with Crippen LogP contribution in [0.2, 0.25) is 5.02 Å². The van der Waals surface area contributed by atoms with Crippen molar-refractivity contribution in [3.8, 4) is 27.7 Å².